The molecule has 0 aromatic heterocycles. The van der Waals surface area contributed by atoms with Crippen molar-refractivity contribution >= 4 is 17.9 Å². The highest BCUT2D eigenvalue weighted by molar-refractivity contribution is 5.71. The molecular weight excluding hydrogens is 853 g/mol. The molecule has 0 aliphatic carbocycles. The van der Waals surface area contributed by atoms with Crippen molar-refractivity contribution in [1.29, 1.82) is 0 Å². The SMILES string of the molecule is CCCCC/C=C/C/C=C/C/C=C/C/C=C/CCCCCC(=O)OC[C@@H](COC(=O)CCCCCCC/C=C/CCCCCC)OC(=O)CCCCCCCCCCC/C=C/C/C=C/CCCCC. The van der Waals surface area contributed by atoms with Gasteiger partial charge in [-0.15, -0.1) is 0 Å². The molecule has 6 nitrogen and oxygen atoms in total. The Hall–Kier alpha value is -3.41. The van der Waals surface area contributed by atoms with Crippen LogP contribution >= 0.6 is 0 Å². The summed E-state index contributed by atoms with van der Waals surface area (Å²) < 4.78 is 16.8. The number of ether oxygens (including phenoxy) is 3. The summed E-state index contributed by atoms with van der Waals surface area (Å²) in [5.41, 5.74) is 0. The van der Waals surface area contributed by atoms with E-state index in [-0.39, 0.29) is 31.1 Å². The molecule has 0 aliphatic heterocycles. The smallest absolute Gasteiger partial charge is 0.306 e. The average molecular weight is 962 g/mol. The normalized spacial score (nSPS) is 12.7. The lowest BCUT2D eigenvalue weighted by Gasteiger charge is -2.18. The zero-order valence-electron chi connectivity index (χ0n) is 45.3. The number of unbranched alkanes of at least 4 members (excludes halogenated alkanes) is 27. The van der Waals surface area contributed by atoms with E-state index in [9.17, 15) is 14.4 Å². The molecule has 0 N–H and O–H groups in total. The number of carbonyl (C=O) groups excluding carboxylic acids is 3. The highest BCUT2D eigenvalue weighted by Crippen LogP contribution is 2.14. The van der Waals surface area contributed by atoms with Crippen molar-refractivity contribution in [1.82, 2.24) is 0 Å². The van der Waals surface area contributed by atoms with Crippen LogP contribution in [0.2, 0.25) is 0 Å². The van der Waals surface area contributed by atoms with Crippen LogP contribution in [0.5, 0.6) is 0 Å². The van der Waals surface area contributed by atoms with Crippen LogP contribution in [0.15, 0.2) is 85.1 Å². The second kappa shape index (κ2) is 57.2. The van der Waals surface area contributed by atoms with Gasteiger partial charge in [-0.1, -0.05) is 221 Å². The minimum atomic E-state index is -0.796. The van der Waals surface area contributed by atoms with Crippen molar-refractivity contribution in [2.24, 2.45) is 0 Å². The molecule has 6 heteroatoms. The summed E-state index contributed by atoms with van der Waals surface area (Å²) in [6, 6.07) is 0. The van der Waals surface area contributed by atoms with Crippen molar-refractivity contribution in [3.63, 3.8) is 0 Å². The lowest BCUT2D eigenvalue weighted by molar-refractivity contribution is -0.167. The van der Waals surface area contributed by atoms with Crippen molar-refractivity contribution in [3.05, 3.63) is 85.1 Å². The van der Waals surface area contributed by atoms with Gasteiger partial charge in [-0.2, -0.15) is 0 Å². The molecule has 0 spiro atoms. The standard InChI is InChI=1S/C63H108O6/c1-4-7-10-13-16-19-22-25-27-29-31-33-35-38-41-44-47-50-53-56-62(65)68-59-60(58-67-61(64)55-52-49-46-43-40-37-24-21-18-15-12-9-6-3)69-63(66)57-54-51-48-45-42-39-36-34-32-30-28-26-23-20-17-14-11-8-5-2/h16-17,19-21,24-28,31,33,38,41,60H,4-15,18,22-23,29-30,32,34-37,39-40,42-59H2,1-3H3/b19-16+,20-17+,24-21+,27-25+,28-26+,33-31+,41-38+/t60-/m1/s1. The predicted octanol–water partition coefficient (Wildman–Crippen LogP) is 19.5. The molecule has 0 unspecified atom stereocenters. The van der Waals surface area contributed by atoms with E-state index in [0.717, 1.165) is 96.3 Å². The van der Waals surface area contributed by atoms with E-state index >= 15 is 0 Å². The summed E-state index contributed by atoms with van der Waals surface area (Å²) in [6.45, 7) is 6.55. The lowest BCUT2D eigenvalue weighted by Crippen LogP contribution is -2.30. The second-order valence-corrected chi connectivity index (χ2v) is 19.2. The second-order valence-electron chi connectivity index (χ2n) is 19.2. The Balaban J connectivity index is 4.44. The summed E-state index contributed by atoms with van der Waals surface area (Å²) >= 11 is 0. The number of carbonyl (C=O) groups is 3. The van der Waals surface area contributed by atoms with Crippen LogP contribution < -0.4 is 0 Å². The third kappa shape index (κ3) is 55.4. The number of rotatable bonds is 52. The van der Waals surface area contributed by atoms with Crippen molar-refractivity contribution in [2.75, 3.05) is 13.2 Å². The topological polar surface area (TPSA) is 78.9 Å². The quantitative estimate of drug-likeness (QED) is 0.0262. The van der Waals surface area contributed by atoms with Gasteiger partial charge in [-0.3, -0.25) is 14.4 Å². The van der Waals surface area contributed by atoms with Crippen LogP contribution in [0, 0.1) is 0 Å². The first-order valence-electron chi connectivity index (χ1n) is 29.1. The van der Waals surface area contributed by atoms with E-state index < -0.39 is 6.10 Å². The number of allylic oxidation sites excluding steroid dienone is 14. The Kier molecular flexibility index (Phi) is 54.3. The fourth-order valence-corrected chi connectivity index (χ4v) is 7.92. The third-order valence-electron chi connectivity index (χ3n) is 12.3. The molecule has 0 amide bonds. The van der Waals surface area contributed by atoms with Crippen LogP contribution in [-0.4, -0.2) is 37.2 Å². The van der Waals surface area contributed by atoms with Crippen molar-refractivity contribution in [2.45, 2.75) is 284 Å². The summed E-state index contributed by atoms with van der Waals surface area (Å²) in [5, 5.41) is 0. The number of hydrogen-bond donors (Lipinski definition) is 0. The third-order valence-corrected chi connectivity index (χ3v) is 12.3. The number of esters is 3. The molecule has 0 aromatic carbocycles. The first-order valence-corrected chi connectivity index (χ1v) is 29.1. The molecular formula is C63H108O6. The van der Waals surface area contributed by atoms with Gasteiger partial charge in [-0.05, 0) is 122 Å². The molecule has 396 valence electrons. The van der Waals surface area contributed by atoms with Crippen molar-refractivity contribution in [3.8, 4) is 0 Å². The van der Waals surface area contributed by atoms with Crippen LogP contribution in [0.3, 0.4) is 0 Å². The maximum absolute atomic E-state index is 12.9. The highest BCUT2D eigenvalue weighted by Gasteiger charge is 2.19. The van der Waals surface area contributed by atoms with Gasteiger partial charge in [0.05, 0.1) is 0 Å². The summed E-state index contributed by atoms with van der Waals surface area (Å²) in [4.78, 5) is 38.2. The molecule has 0 rings (SSSR count). The Bertz CT molecular complexity index is 1330. The molecule has 0 radical (unpaired) electrons. The van der Waals surface area contributed by atoms with Gasteiger partial charge in [-0.25, -0.2) is 0 Å². The molecule has 1 atom stereocenters. The number of hydrogen-bond acceptors (Lipinski definition) is 6. The molecule has 69 heavy (non-hydrogen) atoms. The minimum Gasteiger partial charge on any atom is -0.462 e. The van der Waals surface area contributed by atoms with Gasteiger partial charge in [0.25, 0.3) is 0 Å². The Morgan fingerprint density at radius 2 is 0.522 bits per heavy atom. The van der Waals surface area contributed by atoms with E-state index in [1.165, 1.54) is 141 Å². The van der Waals surface area contributed by atoms with Gasteiger partial charge in [0.2, 0.25) is 0 Å². The zero-order valence-corrected chi connectivity index (χ0v) is 45.3. The van der Waals surface area contributed by atoms with E-state index in [1.54, 1.807) is 0 Å². The molecule has 0 saturated heterocycles. The molecule has 0 aromatic rings. The molecule has 0 fully saturated rings. The van der Waals surface area contributed by atoms with Crippen LogP contribution in [0.1, 0.15) is 278 Å². The summed E-state index contributed by atoms with van der Waals surface area (Å²) in [6.07, 6.45) is 74.2. The zero-order chi connectivity index (χ0) is 50.0. The largest absolute Gasteiger partial charge is 0.462 e. The van der Waals surface area contributed by atoms with Gasteiger partial charge in [0.15, 0.2) is 6.10 Å². The highest BCUT2D eigenvalue weighted by atomic mass is 16.6. The van der Waals surface area contributed by atoms with Gasteiger partial charge >= 0.3 is 17.9 Å². The fourth-order valence-electron chi connectivity index (χ4n) is 7.92. The maximum Gasteiger partial charge on any atom is 0.306 e. The average Bonchev–Trinajstić information content (AvgIpc) is 3.35. The maximum atomic E-state index is 12.9. The van der Waals surface area contributed by atoms with Crippen LogP contribution in [-0.2, 0) is 28.6 Å². The van der Waals surface area contributed by atoms with E-state index in [4.69, 9.17) is 14.2 Å². The van der Waals surface area contributed by atoms with Gasteiger partial charge < -0.3 is 14.2 Å². The summed E-state index contributed by atoms with van der Waals surface area (Å²) in [7, 11) is 0. The Morgan fingerprint density at radius 3 is 0.870 bits per heavy atom. The first-order chi connectivity index (χ1) is 34.0. The Morgan fingerprint density at radius 1 is 0.290 bits per heavy atom. The predicted molar refractivity (Wildman–Crippen MR) is 297 cm³/mol. The van der Waals surface area contributed by atoms with Crippen molar-refractivity contribution < 1.29 is 28.6 Å². The van der Waals surface area contributed by atoms with Crippen LogP contribution in [0.25, 0.3) is 0 Å². The first kappa shape index (κ1) is 65.6. The fraction of sp³-hybridized carbons (Fsp3) is 0.730. The van der Waals surface area contributed by atoms with E-state index in [2.05, 4.69) is 106 Å². The van der Waals surface area contributed by atoms with Gasteiger partial charge in [0, 0.05) is 19.3 Å². The minimum absolute atomic E-state index is 0.0927. The molecule has 0 aliphatic rings. The lowest BCUT2D eigenvalue weighted by atomic mass is 10.1. The van der Waals surface area contributed by atoms with E-state index in [0.29, 0.717) is 19.3 Å². The molecule has 0 bridgehead atoms. The summed E-state index contributed by atoms with van der Waals surface area (Å²) in [5.74, 6) is -0.931. The monoisotopic (exact) mass is 961 g/mol. The van der Waals surface area contributed by atoms with E-state index in [1.807, 2.05) is 0 Å². The molecule has 0 saturated carbocycles. The molecule has 0 heterocycles. The van der Waals surface area contributed by atoms with Gasteiger partial charge in [0.1, 0.15) is 13.2 Å². The van der Waals surface area contributed by atoms with Crippen LogP contribution in [0.4, 0.5) is 0 Å². The Labute approximate surface area is 426 Å².